The van der Waals surface area contributed by atoms with Crippen molar-refractivity contribution in [1.82, 2.24) is 19.7 Å². The molecule has 142 valence electrons. The molecule has 1 fully saturated rings. The fourth-order valence-electron chi connectivity index (χ4n) is 3.11. The number of para-hydroxylation sites is 1. The summed E-state index contributed by atoms with van der Waals surface area (Å²) >= 11 is 0. The number of ether oxygens (including phenoxy) is 1. The lowest BCUT2D eigenvalue weighted by Gasteiger charge is -2.31. The Labute approximate surface area is 161 Å². The molecule has 0 radical (unpaired) electrons. The number of rotatable bonds is 4. The Morgan fingerprint density at radius 3 is 2.39 bits per heavy atom. The minimum atomic E-state index is -1.11. The van der Waals surface area contributed by atoms with Crippen molar-refractivity contribution < 1.29 is 19.4 Å². The largest absolute Gasteiger partial charge is 0.480 e. The van der Waals surface area contributed by atoms with Gasteiger partial charge in [-0.05, 0) is 12.1 Å². The molecule has 1 aromatic heterocycles. The molecular weight excluding hydrogens is 360 g/mol. The number of morpholine rings is 1. The van der Waals surface area contributed by atoms with Gasteiger partial charge in [-0.2, -0.15) is 0 Å². The van der Waals surface area contributed by atoms with Gasteiger partial charge in [0.05, 0.1) is 18.9 Å². The van der Waals surface area contributed by atoms with Gasteiger partial charge in [0.1, 0.15) is 0 Å². The first-order valence-corrected chi connectivity index (χ1v) is 8.84. The molecule has 1 atom stereocenters. The number of carboxylic acids is 1. The van der Waals surface area contributed by atoms with E-state index in [1.807, 2.05) is 60.7 Å². The van der Waals surface area contributed by atoms with Crippen LogP contribution in [0.2, 0.25) is 0 Å². The zero-order valence-electron chi connectivity index (χ0n) is 14.9. The molecule has 2 heterocycles. The molecular formula is C20H18N4O4. The standard InChI is InChI=1S/C20H18N4O4/c25-19(23-11-12-28-13-16(23)20(26)27)17-21-18(14-7-3-1-4-8-14)24(22-17)15-9-5-2-6-10-15/h1-10,16H,11-13H2,(H,26,27). The second-order valence-corrected chi connectivity index (χ2v) is 6.30. The first-order chi connectivity index (χ1) is 13.6. The van der Waals surface area contributed by atoms with E-state index in [0.717, 1.165) is 11.3 Å². The summed E-state index contributed by atoms with van der Waals surface area (Å²) in [7, 11) is 0. The summed E-state index contributed by atoms with van der Waals surface area (Å²) in [5.41, 5.74) is 1.55. The van der Waals surface area contributed by atoms with Gasteiger partial charge in [0.15, 0.2) is 11.9 Å². The lowest BCUT2D eigenvalue weighted by Crippen LogP contribution is -2.52. The number of carboxylic acid groups (broad SMARTS) is 1. The number of nitrogens with zero attached hydrogens (tertiary/aromatic N) is 4. The van der Waals surface area contributed by atoms with Gasteiger partial charge >= 0.3 is 5.97 Å². The molecule has 1 N–H and O–H groups in total. The molecule has 1 aliphatic rings. The molecule has 1 unspecified atom stereocenters. The fourth-order valence-corrected chi connectivity index (χ4v) is 3.11. The SMILES string of the molecule is O=C(O)C1COCCN1C(=O)c1nc(-c2ccccc2)n(-c2ccccc2)n1. The van der Waals surface area contributed by atoms with Gasteiger partial charge in [-0.15, -0.1) is 5.10 Å². The van der Waals surface area contributed by atoms with E-state index in [2.05, 4.69) is 10.1 Å². The van der Waals surface area contributed by atoms with Crippen LogP contribution in [0, 0.1) is 0 Å². The summed E-state index contributed by atoms with van der Waals surface area (Å²) in [5.74, 6) is -1.17. The van der Waals surface area contributed by atoms with Crippen LogP contribution in [0.3, 0.4) is 0 Å². The van der Waals surface area contributed by atoms with Crippen LogP contribution in [0.15, 0.2) is 60.7 Å². The fraction of sp³-hybridized carbons (Fsp3) is 0.200. The summed E-state index contributed by atoms with van der Waals surface area (Å²) in [5, 5.41) is 13.8. The summed E-state index contributed by atoms with van der Waals surface area (Å²) < 4.78 is 6.80. The van der Waals surface area contributed by atoms with Gasteiger partial charge in [0, 0.05) is 12.1 Å². The van der Waals surface area contributed by atoms with Crippen molar-refractivity contribution in [1.29, 1.82) is 0 Å². The van der Waals surface area contributed by atoms with Crippen LogP contribution in [-0.2, 0) is 9.53 Å². The number of carbonyl (C=O) groups is 2. The van der Waals surface area contributed by atoms with Crippen LogP contribution in [0.4, 0.5) is 0 Å². The van der Waals surface area contributed by atoms with Crippen molar-refractivity contribution in [2.45, 2.75) is 6.04 Å². The molecule has 8 nitrogen and oxygen atoms in total. The predicted molar refractivity (Wildman–Crippen MR) is 100 cm³/mol. The van der Waals surface area contributed by atoms with E-state index in [0.29, 0.717) is 5.82 Å². The van der Waals surface area contributed by atoms with Gasteiger partial charge in [0.2, 0.25) is 5.82 Å². The average Bonchev–Trinajstić information content (AvgIpc) is 3.20. The Morgan fingerprint density at radius 1 is 1.04 bits per heavy atom. The van der Waals surface area contributed by atoms with Crippen LogP contribution in [-0.4, -0.2) is 62.4 Å². The molecule has 0 spiro atoms. The molecule has 2 aromatic carbocycles. The normalized spacial score (nSPS) is 16.7. The Balaban J connectivity index is 1.77. The van der Waals surface area contributed by atoms with Gasteiger partial charge in [-0.1, -0.05) is 48.5 Å². The van der Waals surface area contributed by atoms with Crippen molar-refractivity contribution in [2.24, 2.45) is 0 Å². The Kier molecular flexibility index (Phi) is 4.86. The topological polar surface area (TPSA) is 97.5 Å². The summed E-state index contributed by atoms with van der Waals surface area (Å²) in [4.78, 5) is 30.2. The summed E-state index contributed by atoms with van der Waals surface area (Å²) in [6.45, 7) is 0.406. The maximum absolute atomic E-state index is 13.0. The molecule has 1 aliphatic heterocycles. The van der Waals surface area contributed by atoms with Crippen molar-refractivity contribution >= 4 is 11.9 Å². The van der Waals surface area contributed by atoms with E-state index >= 15 is 0 Å². The van der Waals surface area contributed by atoms with E-state index in [9.17, 15) is 14.7 Å². The van der Waals surface area contributed by atoms with Gasteiger partial charge in [-0.25, -0.2) is 14.5 Å². The van der Waals surface area contributed by atoms with E-state index in [1.54, 1.807) is 4.68 Å². The maximum Gasteiger partial charge on any atom is 0.328 e. The first kappa shape index (κ1) is 17.9. The second-order valence-electron chi connectivity index (χ2n) is 6.30. The molecule has 0 aliphatic carbocycles. The average molecular weight is 378 g/mol. The second kappa shape index (κ2) is 7.61. The third-order valence-corrected chi connectivity index (χ3v) is 4.51. The monoisotopic (exact) mass is 378 g/mol. The van der Waals surface area contributed by atoms with E-state index in [4.69, 9.17) is 4.74 Å². The highest BCUT2D eigenvalue weighted by molar-refractivity contribution is 5.94. The first-order valence-electron chi connectivity index (χ1n) is 8.84. The van der Waals surface area contributed by atoms with E-state index in [-0.39, 0.29) is 25.6 Å². The van der Waals surface area contributed by atoms with Crippen LogP contribution >= 0.6 is 0 Å². The molecule has 28 heavy (non-hydrogen) atoms. The Morgan fingerprint density at radius 2 is 1.71 bits per heavy atom. The number of aromatic nitrogens is 3. The third kappa shape index (κ3) is 3.37. The van der Waals surface area contributed by atoms with Crippen molar-refractivity contribution in [3.05, 3.63) is 66.5 Å². The molecule has 1 amide bonds. The van der Waals surface area contributed by atoms with Crippen LogP contribution in [0.25, 0.3) is 17.1 Å². The van der Waals surface area contributed by atoms with Crippen molar-refractivity contribution in [2.75, 3.05) is 19.8 Å². The highest BCUT2D eigenvalue weighted by Gasteiger charge is 2.35. The molecule has 1 saturated heterocycles. The molecule has 4 rings (SSSR count). The summed E-state index contributed by atoms with van der Waals surface area (Å²) in [6.07, 6.45) is 0. The number of hydrogen-bond acceptors (Lipinski definition) is 5. The number of amides is 1. The summed E-state index contributed by atoms with van der Waals surface area (Å²) in [6, 6.07) is 17.7. The van der Waals surface area contributed by atoms with Crippen LogP contribution in [0.5, 0.6) is 0 Å². The number of carbonyl (C=O) groups excluding carboxylic acids is 1. The molecule has 0 bridgehead atoms. The quantitative estimate of drug-likeness (QED) is 0.744. The third-order valence-electron chi connectivity index (χ3n) is 4.51. The smallest absolute Gasteiger partial charge is 0.328 e. The minimum Gasteiger partial charge on any atom is -0.480 e. The number of benzene rings is 2. The van der Waals surface area contributed by atoms with Crippen molar-refractivity contribution in [3.8, 4) is 17.1 Å². The molecule has 3 aromatic rings. The highest BCUT2D eigenvalue weighted by Crippen LogP contribution is 2.22. The zero-order valence-corrected chi connectivity index (χ0v) is 14.9. The maximum atomic E-state index is 13.0. The highest BCUT2D eigenvalue weighted by atomic mass is 16.5. The van der Waals surface area contributed by atoms with Gasteiger partial charge < -0.3 is 14.7 Å². The van der Waals surface area contributed by atoms with Gasteiger partial charge in [-0.3, -0.25) is 4.79 Å². The lowest BCUT2D eigenvalue weighted by atomic mass is 10.2. The van der Waals surface area contributed by atoms with E-state index < -0.39 is 17.9 Å². The lowest BCUT2D eigenvalue weighted by molar-refractivity contribution is -0.147. The number of aliphatic carboxylic acids is 1. The van der Waals surface area contributed by atoms with Gasteiger partial charge in [0.25, 0.3) is 5.91 Å². The predicted octanol–water partition coefficient (Wildman–Crippen LogP) is 1.86. The Hall–Kier alpha value is -3.52. The number of hydrogen-bond donors (Lipinski definition) is 1. The van der Waals surface area contributed by atoms with E-state index in [1.165, 1.54) is 4.90 Å². The zero-order chi connectivity index (χ0) is 19.5. The Bertz CT molecular complexity index is 931. The molecule has 0 saturated carbocycles. The minimum absolute atomic E-state index is 0.0455. The van der Waals surface area contributed by atoms with Crippen molar-refractivity contribution in [3.63, 3.8) is 0 Å². The molecule has 8 heteroatoms. The van der Waals surface area contributed by atoms with Crippen LogP contribution < -0.4 is 0 Å². The van der Waals surface area contributed by atoms with Crippen LogP contribution in [0.1, 0.15) is 10.6 Å².